The predicted octanol–water partition coefficient (Wildman–Crippen LogP) is 6.91. The van der Waals surface area contributed by atoms with Gasteiger partial charge in [0.05, 0.1) is 21.3 Å². The molecule has 4 aromatic rings. The van der Waals surface area contributed by atoms with E-state index in [0.29, 0.717) is 34.9 Å². The van der Waals surface area contributed by atoms with E-state index in [-0.39, 0.29) is 24.3 Å². The zero-order valence-electron chi connectivity index (χ0n) is 26.2. The molecule has 5 rings (SSSR count). The first kappa shape index (κ1) is 31.0. The van der Waals surface area contributed by atoms with Crippen LogP contribution >= 0.6 is 0 Å². The van der Waals surface area contributed by atoms with E-state index in [9.17, 15) is 9.59 Å². The van der Waals surface area contributed by atoms with Gasteiger partial charge in [-0.15, -0.1) is 0 Å². The molecule has 1 aliphatic rings. The van der Waals surface area contributed by atoms with Crippen molar-refractivity contribution >= 4 is 28.4 Å². The first-order chi connectivity index (χ1) is 21.5. The lowest BCUT2D eigenvalue weighted by molar-refractivity contribution is -0.127. The van der Waals surface area contributed by atoms with E-state index in [2.05, 4.69) is 23.3 Å². The van der Waals surface area contributed by atoms with Gasteiger partial charge in [0, 0.05) is 35.2 Å². The van der Waals surface area contributed by atoms with Gasteiger partial charge in [0.1, 0.15) is 6.04 Å². The summed E-state index contributed by atoms with van der Waals surface area (Å²) in [6.07, 6.45) is 8.74. The molecule has 2 amide bonds. The van der Waals surface area contributed by atoms with Crippen LogP contribution in [-0.4, -0.2) is 44.2 Å². The molecule has 1 saturated carbocycles. The van der Waals surface area contributed by atoms with E-state index in [1.54, 1.807) is 38.4 Å². The maximum absolute atomic E-state index is 14.4. The Bertz CT molecular complexity index is 1550. The monoisotopic (exact) mass is 597 g/mol. The van der Waals surface area contributed by atoms with E-state index in [1.165, 1.54) is 6.42 Å². The SMILES string of the molecule is CCc1ccc(N(C(=O)CCc2c[nH]c3ccccc23)[C@@H](C(=O)NC2CCCCC2)c2cc(OC)c(OC)c(OC)c2)cc1. The lowest BCUT2D eigenvalue weighted by Crippen LogP contribution is -2.47. The summed E-state index contributed by atoms with van der Waals surface area (Å²) in [5.41, 5.74) is 4.47. The van der Waals surface area contributed by atoms with Gasteiger partial charge in [-0.25, -0.2) is 0 Å². The number of carbonyl (C=O) groups is 2. The number of anilines is 1. The van der Waals surface area contributed by atoms with Crippen LogP contribution in [0.25, 0.3) is 10.9 Å². The predicted molar refractivity (Wildman–Crippen MR) is 174 cm³/mol. The second-order valence-electron chi connectivity index (χ2n) is 11.3. The highest BCUT2D eigenvalue weighted by Gasteiger charge is 2.35. The summed E-state index contributed by atoms with van der Waals surface area (Å²) in [7, 11) is 4.64. The van der Waals surface area contributed by atoms with Gasteiger partial charge in [-0.2, -0.15) is 0 Å². The quantitative estimate of drug-likeness (QED) is 0.185. The summed E-state index contributed by atoms with van der Waals surface area (Å²) in [6.45, 7) is 2.09. The Labute approximate surface area is 259 Å². The molecule has 0 radical (unpaired) electrons. The molecule has 232 valence electrons. The molecule has 8 nitrogen and oxygen atoms in total. The molecular formula is C36H43N3O5. The molecule has 0 bridgehead atoms. The third-order valence-electron chi connectivity index (χ3n) is 8.64. The van der Waals surface area contributed by atoms with Crippen molar-refractivity contribution in [2.24, 2.45) is 0 Å². The van der Waals surface area contributed by atoms with Gasteiger partial charge in [0.2, 0.25) is 17.6 Å². The maximum Gasteiger partial charge on any atom is 0.248 e. The van der Waals surface area contributed by atoms with Crippen molar-refractivity contribution in [2.45, 2.75) is 70.4 Å². The molecule has 1 heterocycles. The minimum Gasteiger partial charge on any atom is -0.493 e. The highest BCUT2D eigenvalue weighted by atomic mass is 16.5. The largest absolute Gasteiger partial charge is 0.493 e. The van der Waals surface area contributed by atoms with Crippen molar-refractivity contribution in [3.05, 3.63) is 83.6 Å². The molecule has 0 aliphatic heterocycles. The lowest BCUT2D eigenvalue weighted by atomic mass is 9.94. The number of aryl methyl sites for hydroxylation is 2. The van der Waals surface area contributed by atoms with Crippen LogP contribution in [0.3, 0.4) is 0 Å². The van der Waals surface area contributed by atoms with Crippen LogP contribution in [0.15, 0.2) is 66.9 Å². The Morgan fingerprint density at radius 2 is 1.61 bits per heavy atom. The highest BCUT2D eigenvalue weighted by molar-refractivity contribution is 6.02. The molecule has 3 aromatic carbocycles. The second-order valence-corrected chi connectivity index (χ2v) is 11.3. The zero-order chi connectivity index (χ0) is 31.1. The van der Waals surface area contributed by atoms with Crippen LogP contribution in [0, 0.1) is 0 Å². The average Bonchev–Trinajstić information content (AvgIpc) is 3.48. The lowest BCUT2D eigenvalue weighted by Gasteiger charge is -2.34. The van der Waals surface area contributed by atoms with Gasteiger partial charge in [-0.3, -0.25) is 14.5 Å². The zero-order valence-corrected chi connectivity index (χ0v) is 26.2. The van der Waals surface area contributed by atoms with Crippen LogP contribution in [0.4, 0.5) is 5.69 Å². The molecule has 1 fully saturated rings. The molecule has 1 aliphatic carbocycles. The Morgan fingerprint density at radius 3 is 2.25 bits per heavy atom. The first-order valence-corrected chi connectivity index (χ1v) is 15.5. The number of carbonyl (C=O) groups excluding carboxylic acids is 2. The molecule has 2 N–H and O–H groups in total. The number of hydrogen-bond donors (Lipinski definition) is 2. The van der Waals surface area contributed by atoms with Crippen LogP contribution < -0.4 is 24.4 Å². The molecule has 0 spiro atoms. The van der Waals surface area contributed by atoms with E-state index in [4.69, 9.17) is 14.2 Å². The third-order valence-corrected chi connectivity index (χ3v) is 8.64. The minimum absolute atomic E-state index is 0.0615. The topological polar surface area (TPSA) is 92.9 Å². The second kappa shape index (κ2) is 14.3. The Morgan fingerprint density at radius 1 is 0.932 bits per heavy atom. The summed E-state index contributed by atoms with van der Waals surface area (Å²) in [6, 6.07) is 18.6. The number of ether oxygens (including phenoxy) is 3. The molecule has 1 aromatic heterocycles. The molecule has 8 heteroatoms. The minimum atomic E-state index is -0.964. The van der Waals surface area contributed by atoms with Gasteiger partial charge in [-0.1, -0.05) is 56.5 Å². The number of fused-ring (bicyclic) bond motifs is 1. The number of benzene rings is 3. The summed E-state index contributed by atoms with van der Waals surface area (Å²) in [4.78, 5) is 33.8. The van der Waals surface area contributed by atoms with Crippen molar-refractivity contribution < 1.29 is 23.8 Å². The van der Waals surface area contributed by atoms with Crippen LogP contribution in [0.5, 0.6) is 17.2 Å². The number of hydrogen-bond acceptors (Lipinski definition) is 5. The Kier molecular flexibility index (Phi) is 10.1. The van der Waals surface area contributed by atoms with Crippen molar-refractivity contribution in [1.29, 1.82) is 0 Å². The number of nitrogens with zero attached hydrogens (tertiary/aromatic N) is 1. The van der Waals surface area contributed by atoms with E-state index >= 15 is 0 Å². The van der Waals surface area contributed by atoms with Gasteiger partial charge < -0.3 is 24.5 Å². The molecule has 0 saturated heterocycles. The van der Waals surface area contributed by atoms with E-state index < -0.39 is 6.04 Å². The van der Waals surface area contributed by atoms with Crippen molar-refractivity contribution in [3.63, 3.8) is 0 Å². The van der Waals surface area contributed by atoms with Crippen LogP contribution in [-0.2, 0) is 22.4 Å². The molecule has 1 atom stereocenters. The number of H-pyrrole nitrogens is 1. The standard InChI is InChI=1S/C36H43N3O5/c1-5-24-15-18-28(19-16-24)39(33(40)20-17-25-23-37-30-14-10-9-13-29(25)30)34(36(41)38-27-11-7-6-8-12-27)26-21-31(42-2)35(44-4)32(22-26)43-3/h9-10,13-16,18-19,21-23,27,34,37H,5-8,11-12,17,20H2,1-4H3,(H,38,41)/t34-/m1/s1. The number of methoxy groups -OCH3 is 3. The van der Waals surface area contributed by atoms with Gasteiger partial charge in [0.15, 0.2) is 11.5 Å². The van der Waals surface area contributed by atoms with Crippen molar-refractivity contribution in [1.82, 2.24) is 10.3 Å². The summed E-state index contributed by atoms with van der Waals surface area (Å²) in [5.74, 6) is 0.882. The number of aromatic amines is 1. The fourth-order valence-electron chi connectivity index (χ4n) is 6.23. The fourth-order valence-corrected chi connectivity index (χ4v) is 6.23. The summed E-state index contributed by atoms with van der Waals surface area (Å²) >= 11 is 0. The maximum atomic E-state index is 14.4. The van der Waals surface area contributed by atoms with Crippen LogP contribution in [0.1, 0.15) is 68.2 Å². The number of amides is 2. The Balaban J connectivity index is 1.58. The van der Waals surface area contributed by atoms with Gasteiger partial charge in [-0.05, 0) is 72.7 Å². The van der Waals surface area contributed by atoms with E-state index in [1.807, 2.05) is 48.7 Å². The van der Waals surface area contributed by atoms with Crippen LogP contribution in [0.2, 0.25) is 0 Å². The van der Waals surface area contributed by atoms with Crippen molar-refractivity contribution in [3.8, 4) is 17.2 Å². The Hall–Kier alpha value is -4.46. The number of nitrogens with one attached hydrogen (secondary N) is 2. The van der Waals surface area contributed by atoms with E-state index in [0.717, 1.165) is 54.1 Å². The third kappa shape index (κ3) is 6.69. The molecule has 0 unspecified atom stereocenters. The normalized spacial score (nSPS) is 14.2. The highest BCUT2D eigenvalue weighted by Crippen LogP contribution is 2.42. The fraction of sp³-hybridized carbons (Fsp3) is 0.389. The molecular weight excluding hydrogens is 554 g/mol. The number of para-hydroxylation sites is 1. The van der Waals surface area contributed by atoms with Crippen molar-refractivity contribution in [2.75, 3.05) is 26.2 Å². The smallest absolute Gasteiger partial charge is 0.248 e. The number of rotatable bonds is 12. The average molecular weight is 598 g/mol. The summed E-state index contributed by atoms with van der Waals surface area (Å²) < 4.78 is 16.9. The first-order valence-electron chi connectivity index (χ1n) is 15.5. The number of aromatic nitrogens is 1. The molecule has 44 heavy (non-hydrogen) atoms. The van der Waals surface area contributed by atoms with Gasteiger partial charge in [0.25, 0.3) is 0 Å². The summed E-state index contributed by atoms with van der Waals surface area (Å²) in [5, 5.41) is 4.38. The van der Waals surface area contributed by atoms with Gasteiger partial charge >= 0.3 is 0 Å².